The van der Waals surface area contributed by atoms with Crippen molar-refractivity contribution in [3.8, 4) is 11.8 Å². The molecule has 2 aromatic carbocycles. The van der Waals surface area contributed by atoms with Gasteiger partial charge < -0.3 is 10.2 Å². The quantitative estimate of drug-likeness (QED) is 0.599. The minimum absolute atomic E-state index is 0.0427. The molecule has 0 saturated carbocycles. The van der Waals surface area contributed by atoms with Crippen LogP contribution in [-0.4, -0.2) is 40.3 Å². The van der Waals surface area contributed by atoms with Crippen molar-refractivity contribution in [2.45, 2.75) is 31.0 Å². The first-order valence-electron chi connectivity index (χ1n) is 10.4. The monoisotopic (exact) mass is 431 g/mol. The van der Waals surface area contributed by atoms with Crippen molar-refractivity contribution in [1.29, 1.82) is 5.26 Å². The number of benzene rings is 2. The van der Waals surface area contributed by atoms with Crippen LogP contribution in [-0.2, 0) is 4.79 Å². The summed E-state index contributed by atoms with van der Waals surface area (Å²) in [4.78, 5) is 19.3. The van der Waals surface area contributed by atoms with E-state index in [4.69, 9.17) is 5.26 Å². The molecule has 0 atom stereocenters. The maximum atomic E-state index is 12.5. The molecule has 0 spiro atoms. The first-order valence-corrected chi connectivity index (χ1v) is 11.4. The predicted molar refractivity (Wildman–Crippen MR) is 124 cm³/mol. The van der Waals surface area contributed by atoms with E-state index in [-0.39, 0.29) is 11.9 Å². The van der Waals surface area contributed by atoms with Crippen LogP contribution in [0.25, 0.3) is 5.69 Å². The summed E-state index contributed by atoms with van der Waals surface area (Å²) in [5, 5.41) is 12.9. The lowest BCUT2D eigenvalue weighted by Gasteiger charge is -2.34. The van der Waals surface area contributed by atoms with E-state index >= 15 is 0 Å². The average Bonchev–Trinajstić information content (AvgIpc) is 3.27. The fourth-order valence-corrected chi connectivity index (χ4v) is 4.62. The molecule has 0 bridgehead atoms. The third-order valence-corrected chi connectivity index (χ3v) is 6.50. The van der Waals surface area contributed by atoms with Crippen LogP contribution in [0.4, 0.5) is 5.69 Å². The number of aryl methyl sites for hydroxylation is 1. The van der Waals surface area contributed by atoms with E-state index in [9.17, 15) is 4.79 Å². The van der Waals surface area contributed by atoms with Crippen LogP contribution in [0.3, 0.4) is 0 Å². The van der Waals surface area contributed by atoms with Crippen molar-refractivity contribution in [3.05, 3.63) is 72.1 Å². The number of para-hydroxylation sites is 1. The summed E-state index contributed by atoms with van der Waals surface area (Å²) in [5.41, 5.74) is 4.05. The topological polar surface area (TPSA) is 74.0 Å². The third kappa shape index (κ3) is 5.09. The lowest BCUT2D eigenvalue weighted by atomic mass is 10.0. The van der Waals surface area contributed by atoms with E-state index < -0.39 is 0 Å². The largest absolute Gasteiger partial charge is 0.371 e. The number of aromatic nitrogens is 2. The average molecular weight is 432 g/mol. The standard InChI is InChI=1S/C24H25N5OS/c1-18-4-2-3-5-22(18)29-15-12-26-24(29)31-17-23(30)27-20-10-13-28(14-11-20)21-8-6-19(16-25)7-9-21/h2-9,12,15,20H,10-11,13-14,17H2,1H3,(H,27,30). The van der Waals surface area contributed by atoms with Gasteiger partial charge in [0, 0.05) is 37.2 Å². The highest BCUT2D eigenvalue weighted by molar-refractivity contribution is 7.99. The third-order valence-electron chi connectivity index (χ3n) is 5.54. The van der Waals surface area contributed by atoms with Crippen LogP contribution >= 0.6 is 11.8 Å². The molecule has 6 nitrogen and oxygen atoms in total. The number of nitrogens with zero attached hydrogens (tertiary/aromatic N) is 4. The van der Waals surface area contributed by atoms with Gasteiger partial charge in [0.25, 0.3) is 0 Å². The molecule has 1 N–H and O–H groups in total. The molecule has 1 saturated heterocycles. The van der Waals surface area contributed by atoms with Crippen LogP contribution < -0.4 is 10.2 Å². The normalized spacial score (nSPS) is 14.3. The van der Waals surface area contributed by atoms with Crippen LogP contribution in [0.1, 0.15) is 24.0 Å². The molecule has 3 aromatic rings. The highest BCUT2D eigenvalue weighted by Crippen LogP contribution is 2.23. The summed E-state index contributed by atoms with van der Waals surface area (Å²) in [6.07, 6.45) is 5.52. The molecule has 2 heterocycles. The highest BCUT2D eigenvalue weighted by atomic mass is 32.2. The second-order valence-electron chi connectivity index (χ2n) is 7.64. The van der Waals surface area contributed by atoms with E-state index in [2.05, 4.69) is 40.3 Å². The number of nitrogens with one attached hydrogen (secondary N) is 1. The van der Waals surface area contributed by atoms with Gasteiger partial charge >= 0.3 is 0 Å². The molecule has 0 aliphatic carbocycles. The van der Waals surface area contributed by atoms with Crippen molar-refractivity contribution in [2.75, 3.05) is 23.7 Å². The fourth-order valence-electron chi connectivity index (χ4n) is 3.84. The number of hydrogen-bond acceptors (Lipinski definition) is 5. The Morgan fingerprint density at radius 1 is 1.19 bits per heavy atom. The first kappa shape index (κ1) is 21.0. The van der Waals surface area contributed by atoms with Crippen molar-refractivity contribution in [2.24, 2.45) is 0 Å². The van der Waals surface area contributed by atoms with Gasteiger partial charge in [-0.2, -0.15) is 5.26 Å². The maximum Gasteiger partial charge on any atom is 0.230 e. The Morgan fingerprint density at radius 3 is 2.65 bits per heavy atom. The van der Waals surface area contributed by atoms with Gasteiger partial charge in [0.05, 0.1) is 23.1 Å². The molecule has 1 fully saturated rings. The van der Waals surface area contributed by atoms with Crippen LogP contribution in [0, 0.1) is 18.3 Å². The smallest absolute Gasteiger partial charge is 0.230 e. The molecule has 0 radical (unpaired) electrons. The van der Waals surface area contributed by atoms with Gasteiger partial charge in [-0.15, -0.1) is 0 Å². The minimum atomic E-state index is 0.0427. The number of imidazole rings is 1. The summed E-state index contributed by atoms with van der Waals surface area (Å²) < 4.78 is 2.03. The molecular formula is C24H25N5OS. The minimum Gasteiger partial charge on any atom is -0.371 e. The Morgan fingerprint density at radius 2 is 1.94 bits per heavy atom. The van der Waals surface area contributed by atoms with Crippen molar-refractivity contribution < 1.29 is 4.79 Å². The number of nitriles is 1. The van der Waals surface area contributed by atoms with E-state index in [1.165, 1.54) is 17.3 Å². The number of piperidine rings is 1. The molecule has 7 heteroatoms. The first-order chi connectivity index (χ1) is 15.1. The molecular weight excluding hydrogens is 406 g/mol. The second-order valence-corrected chi connectivity index (χ2v) is 8.58. The number of hydrogen-bond donors (Lipinski definition) is 1. The van der Waals surface area contributed by atoms with Crippen molar-refractivity contribution in [3.63, 3.8) is 0 Å². The Hall–Kier alpha value is -3.24. The Kier molecular flexibility index (Phi) is 6.58. The van der Waals surface area contributed by atoms with Crippen LogP contribution in [0.2, 0.25) is 0 Å². The summed E-state index contributed by atoms with van der Waals surface area (Å²) in [6.45, 7) is 3.85. The van der Waals surface area contributed by atoms with Gasteiger partial charge in [0.1, 0.15) is 0 Å². The molecule has 1 aliphatic rings. The fraction of sp³-hybridized carbons (Fsp3) is 0.292. The number of rotatable bonds is 6. The summed E-state index contributed by atoms with van der Waals surface area (Å²) in [5.74, 6) is 0.389. The van der Waals surface area contributed by atoms with Gasteiger partial charge in [0.2, 0.25) is 5.91 Å². The second kappa shape index (κ2) is 9.71. The van der Waals surface area contributed by atoms with Crippen LogP contribution in [0.5, 0.6) is 0 Å². The Balaban J connectivity index is 1.27. The van der Waals surface area contributed by atoms with Gasteiger partial charge in [-0.05, 0) is 55.7 Å². The summed E-state index contributed by atoms with van der Waals surface area (Å²) in [6, 6.07) is 18.2. The lowest BCUT2D eigenvalue weighted by molar-refractivity contribution is -0.119. The molecule has 1 amide bonds. The Labute approximate surface area is 186 Å². The highest BCUT2D eigenvalue weighted by Gasteiger charge is 2.21. The molecule has 4 rings (SSSR count). The zero-order valence-corrected chi connectivity index (χ0v) is 18.3. The number of carbonyl (C=O) groups excluding carboxylic acids is 1. The summed E-state index contributed by atoms with van der Waals surface area (Å²) in [7, 11) is 0. The number of anilines is 1. The van der Waals surface area contributed by atoms with E-state index in [0.29, 0.717) is 11.3 Å². The van der Waals surface area contributed by atoms with Crippen molar-refractivity contribution >= 4 is 23.4 Å². The van der Waals surface area contributed by atoms with Crippen molar-refractivity contribution in [1.82, 2.24) is 14.9 Å². The number of thioether (sulfide) groups is 1. The molecule has 31 heavy (non-hydrogen) atoms. The SMILES string of the molecule is Cc1ccccc1-n1ccnc1SCC(=O)NC1CCN(c2ccc(C#N)cc2)CC1. The molecule has 158 valence electrons. The van der Waals surface area contributed by atoms with E-state index in [0.717, 1.165) is 42.5 Å². The van der Waals surface area contributed by atoms with Gasteiger partial charge in [-0.3, -0.25) is 9.36 Å². The van der Waals surface area contributed by atoms with Gasteiger partial charge in [-0.1, -0.05) is 30.0 Å². The number of amides is 1. The predicted octanol–water partition coefficient (Wildman–Crippen LogP) is 3.93. The zero-order chi connectivity index (χ0) is 21.6. The van der Waals surface area contributed by atoms with Crippen LogP contribution in [0.15, 0.2) is 66.1 Å². The van der Waals surface area contributed by atoms with Gasteiger partial charge in [0.15, 0.2) is 5.16 Å². The molecule has 1 aromatic heterocycles. The summed E-state index contributed by atoms with van der Waals surface area (Å²) >= 11 is 1.46. The lowest BCUT2D eigenvalue weighted by Crippen LogP contribution is -2.45. The Bertz CT molecular complexity index is 1080. The maximum absolute atomic E-state index is 12.5. The zero-order valence-electron chi connectivity index (χ0n) is 17.5. The number of carbonyl (C=O) groups is 1. The van der Waals surface area contributed by atoms with Gasteiger partial charge in [-0.25, -0.2) is 4.98 Å². The molecule has 1 aliphatic heterocycles. The molecule has 0 unspecified atom stereocenters. The van der Waals surface area contributed by atoms with E-state index in [1.54, 1.807) is 6.20 Å². The van der Waals surface area contributed by atoms with E-state index in [1.807, 2.05) is 47.2 Å².